The van der Waals surface area contributed by atoms with Crippen molar-refractivity contribution in [3.63, 3.8) is 0 Å². The average molecular weight is 206 g/mol. The van der Waals surface area contributed by atoms with Crippen LogP contribution in [0.3, 0.4) is 0 Å². The van der Waals surface area contributed by atoms with Crippen LogP contribution in [0.2, 0.25) is 0 Å². The van der Waals surface area contributed by atoms with E-state index in [2.05, 4.69) is 18.1 Å². The number of rotatable bonds is 5. The van der Waals surface area contributed by atoms with E-state index in [1.54, 1.807) is 0 Å². The predicted octanol–water partition coefficient (Wildman–Crippen LogP) is 1.96. The SMILES string of the molecule is C=C/C=C(\C=C)CN1CCCC(CN)C1. The van der Waals surface area contributed by atoms with Gasteiger partial charge in [0.25, 0.3) is 0 Å². The fourth-order valence-corrected chi connectivity index (χ4v) is 2.08. The summed E-state index contributed by atoms with van der Waals surface area (Å²) in [5.74, 6) is 0.675. The topological polar surface area (TPSA) is 29.3 Å². The highest BCUT2D eigenvalue weighted by Gasteiger charge is 2.18. The van der Waals surface area contributed by atoms with Crippen molar-refractivity contribution in [2.45, 2.75) is 12.8 Å². The third-order valence-corrected chi connectivity index (χ3v) is 2.94. The van der Waals surface area contributed by atoms with Gasteiger partial charge in [-0.1, -0.05) is 31.4 Å². The zero-order valence-electron chi connectivity index (χ0n) is 9.49. The van der Waals surface area contributed by atoms with Gasteiger partial charge in [0, 0.05) is 13.1 Å². The van der Waals surface area contributed by atoms with Crippen LogP contribution in [0.25, 0.3) is 0 Å². The highest BCUT2D eigenvalue weighted by Crippen LogP contribution is 2.16. The lowest BCUT2D eigenvalue weighted by atomic mass is 9.98. The molecule has 1 unspecified atom stereocenters. The lowest BCUT2D eigenvalue weighted by molar-refractivity contribution is 0.192. The number of nitrogens with two attached hydrogens (primary N) is 1. The average Bonchev–Trinajstić information content (AvgIpc) is 2.29. The summed E-state index contributed by atoms with van der Waals surface area (Å²) in [6, 6.07) is 0. The smallest absolute Gasteiger partial charge is 0.0233 e. The van der Waals surface area contributed by atoms with Crippen molar-refractivity contribution < 1.29 is 0 Å². The molecule has 0 saturated carbocycles. The van der Waals surface area contributed by atoms with Crippen LogP contribution in [-0.2, 0) is 0 Å². The van der Waals surface area contributed by atoms with Crippen molar-refractivity contribution in [2.24, 2.45) is 11.7 Å². The fraction of sp³-hybridized carbons (Fsp3) is 0.538. The van der Waals surface area contributed by atoms with Gasteiger partial charge in [-0.15, -0.1) is 0 Å². The van der Waals surface area contributed by atoms with E-state index in [-0.39, 0.29) is 0 Å². The third-order valence-electron chi connectivity index (χ3n) is 2.94. The maximum Gasteiger partial charge on any atom is 0.0233 e. The van der Waals surface area contributed by atoms with E-state index in [1.807, 2.05) is 18.2 Å². The van der Waals surface area contributed by atoms with Crippen molar-refractivity contribution in [1.29, 1.82) is 0 Å². The summed E-state index contributed by atoms with van der Waals surface area (Å²) in [5.41, 5.74) is 6.95. The van der Waals surface area contributed by atoms with Gasteiger partial charge in [-0.2, -0.15) is 0 Å². The molecule has 0 radical (unpaired) electrons. The lowest BCUT2D eigenvalue weighted by Gasteiger charge is -2.32. The summed E-state index contributed by atoms with van der Waals surface area (Å²) in [5, 5.41) is 0. The molecule has 1 saturated heterocycles. The molecule has 1 aliphatic heterocycles. The van der Waals surface area contributed by atoms with E-state index < -0.39 is 0 Å². The molecular formula is C13H22N2. The zero-order chi connectivity index (χ0) is 11.1. The summed E-state index contributed by atoms with van der Waals surface area (Å²) >= 11 is 0. The van der Waals surface area contributed by atoms with E-state index in [4.69, 9.17) is 5.73 Å². The largest absolute Gasteiger partial charge is 0.330 e. The molecule has 2 N–H and O–H groups in total. The maximum atomic E-state index is 5.71. The summed E-state index contributed by atoms with van der Waals surface area (Å²) in [6.45, 7) is 11.6. The molecule has 1 heterocycles. The van der Waals surface area contributed by atoms with Crippen molar-refractivity contribution >= 4 is 0 Å². The molecule has 1 fully saturated rings. The Morgan fingerprint density at radius 1 is 1.47 bits per heavy atom. The van der Waals surface area contributed by atoms with Crippen molar-refractivity contribution in [2.75, 3.05) is 26.2 Å². The normalized spacial score (nSPS) is 23.8. The Morgan fingerprint density at radius 3 is 2.87 bits per heavy atom. The minimum atomic E-state index is 0.675. The molecule has 1 rings (SSSR count). The molecule has 0 aromatic carbocycles. The van der Waals surface area contributed by atoms with Crippen LogP contribution < -0.4 is 5.73 Å². The second kappa shape index (κ2) is 6.59. The first-order valence-corrected chi connectivity index (χ1v) is 5.66. The standard InChI is InChI=1S/C13H22N2/c1-3-6-12(4-2)10-15-8-5-7-13(9-14)11-15/h3-4,6,13H,1-2,5,7-11,14H2/b12-6+. The van der Waals surface area contributed by atoms with Crippen LogP contribution >= 0.6 is 0 Å². The van der Waals surface area contributed by atoms with Crippen LogP contribution in [0.5, 0.6) is 0 Å². The molecule has 1 aliphatic rings. The molecule has 0 aromatic heterocycles. The second-order valence-electron chi connectivity index (χ2n) is 4.16. The summed E-state index contributed by atoms with van der Waals surface area (Å²) in [6.07, 6.45) is 8.30. The van der Waals surface area contributed by atoms with Gasteiger partial charge in [-0.05, 0) is 37.4 Å². The summed E-state index contributed by atoms with van der Waals surface area (Å²) in [4.78, 5) is 2.46. The number of allylic oxidation sites excluding steroid dienone is 2. The Labute approximate surface area is 93.1 Å². The molecule has 0 spiro atoms. The Hall–Kier alpha value is -0.860. The molecule has 1 atom stereocenters. The van der Waals surface area contributed by atoms with Crippen molar-refractivity contribution in [1.82, 2.24) is 4.90 Å². The first kappa shape index (κ1) is 12.2. The van der Waals surface area contributed by atoms with Crippen molar-refractivity contribution in [3.8, 4) is 0 Å². The lowest BCUT2D eigenvalue weighted by Crippen LogP contribution is -2.39. The minimum Gasteiger partial charge on any atom is -0.330 e. The fourth-order valence-electron chi connectivity index (χ4n) is 2.08. The van der Waals surface area contributed by atoms with Crippen molar-refractivity contribution in [3.05, 3.63) is 37.0 Å². The monoisotopic (exact) mass is 206 g/mol. The predicted molar refractivity (Wildman–Crippen MR) is 66.7 cm³/mol. The van der Waals surface area contributed by atoms with Gasteiger partial charge < -0.3 is 5.73 Å². The first-order valence-electron chi connectivity index (χ1n) is 5.66. The number of likely N-dealkylation sites (tertiary alicyclic amines) is 1. The Balaban J connectivity index is 2.46. The number of nitrogens with zero attached hydrogens (tertiary/aromatic N) is 1. The number of hydrogen-bond donors (Lipinski definition) is 1. The van der Waals surface area contributed by atoms with E-state index in [9.17, 15) is 0 Å². The van der Waals surface area contributed by atoms with Gasteiger partial charge in [0.1, 0.15) is 0 Å². The van der Waals surface area contributed by atoms with Crippen LogP contribution in [0.15, 0.2) is 37.0 Å². The van der Waals surface area contributed by atoms with Crippen LogP contribution in [0, 0.1) is 5.92 Å². The molecule has 84 valence electrons. The molecular weight excluding hydrogens is 184 g/mol. The molecule has 2 nitrogen and oxygen atoms in total. The second-order valence-corrected chi connectivity index (χ2v) is 4.16. The Kier molecular flexibility index (Phi) is 5.37. The van der Waals surface area contributed by atoms with E-state index in [0.717, 1.165) is 19.6 Å². The molecule has 0 amide bonds. The highest BCUT2D eigenvalue weighted by molar-refractivity contribution is 5.22. The van der Waals surface area contributed by atoms with E-state index in [0.29, 0.717) is 5.92 Å². The summed E-state index contributed by atoms with van der Waals surface area (Å²) < 4.78 is 0. The van der Waals surface area contributed by atoms with Crippen LogP contribution in [0.4, 0.5) is 0 Å². The van der Waals surface area contributed by atoms with Gasteiger partial charge in [0.05, 0.1) is 0 Å². The third kappa shape index (κ3) is 4.02. The molecule has 15 heavy (non-hydrogen) atoms. The first-order chi connectivity index (χ1) is 7.30. The van der Waals surface area contributed by atoms with Gasteiger partial charge >= 0.3 is 0 Å². The van der Waals surface area contributed by atoms with Gasteiger partial charge in [-0.25, -0.2) is 0 Å². The number of piperidine rings is 1. The van der Waals surface area contributed by atoms with Crippen LogP contribution in [0.1, 0.15) is 12.8 Å². The Bertz CT molecular complexity index is 243. The van der Waals surface area contributed by atoms with Gasteiger partial charge in [-0.3, -0.25) is 4.90 Å². The van der Waals surface area contributed by atoms with E-state index in [1.165, 1.54) is 25.0 Å². The number of hydrogen-bond acceptors (Lipinski definition) is 2. The summed E-state index contributed by atoms with van der Waals surface area (Å²) in [7, 11) is 0. The quantitative estimate of drug-likeness (QED) is 0.697. The van der Waals surface area contributed by atoms with Crippen LogP contribution in [-0.4, -0.2) is 31.1 Å². The minimum absolute atomic E-state index is 0.675. The zero-order valence-corrected chi connectivity index (χ0v) is 9.49. The Morgan fingerprint density at radius 2 is 2.27 bits per heavy atom. The van der Waals surface area contributed by atoms with Gasteiger partial charge in [0.2, 0.25) is 0 Å². The molecule has 2 heteroatoms. The maximum absolute atomic E-state index is 5.71. The van der Waals surface area contributed by atoms with E-state index >= 15 is 0 Å². The molecule has 0 bridgehead atoms. The molecule has 0 aromatic rings. The van der Waals surface area contributed by atoms with Gasteiger partial charge in [0.15, 0.2) is 0 Å². The molecule has 0 aliphatic carbocycles. The highest BCUT2D eigenvalue weighted by atomic mass is 15.1.